The van der Waals surface area contributed by atoms with E-state index in [0.717, 1.165) is 51.4 Å². The van der Waals surface area contributed by atoms with Crippen LogP contribution in [-0.2, 0) is 11.3 Å². The Balaban J connectivity index is 1.34. The van der Waals surface area contributed by atoms with Crippen LogP contribution in [0.1, 0.15) is 28.8 Å². The first-order valence-electron chi connectivity index (χ1n) is 9.14. The highest BCUT2D eigenvalue weighted by molar-refractivity contribution is 7.07. The Morgan fingerprint density at radius 3 is 2.38 bits per heavy atom. The van der Waals surface area contributed by atoms with Gasteiger partial charge in [-0.2, -0.15) is 11.3 Å². The number of carbonyl (C=O) groups is 2. The minimum Gasteiger partial charge on any atom is -0.336 e. The van der Waals surface area contributed by atoms with Crippen molar-refractivity contribution in [3.05, 3.63) is 52.2 Å². The molecule has 26 heavy (non-hydrogen) atoms. The first-order valence-corrected chi connectivity index (χ1v) is 10.1. The van der Waals surface area contributed by atoms with E-state index in [-0.39, 0.29) is 11.8 Å². The lowest BCUT2D eigenvalue weighted by Crippen LogP contribution is -2.48. The predicted octanol–water partition coefficient (Wildman–Crippen LogP) is 2.83. The monoisotopic (exact) mass is 369 g/mol. The van der Waals surface area contributed by atoms with Crippen LogP contribution in [0.4, 0.5) is 5.69 Å². The van der Waals surface area contributed by atoms with E-state index in [9.17, 15) is 9.59 Å². The molecule has 0 bridgehead atoms. The van der Waals surface area contributed by atoms with Crippen molar-refractivity contribution in [1.29, 1.82) is 0 Å². The summed E-state index contributed by atoms with van der Waals surface area (Å²) in [6, 6.07) is 9.64. The highest BCUT2D eigenvalue weighted by atomic mass is 32.1. The van der Waals surface area contributed by atoms with E-state index in [0.29, 0.717) is 12.0 Å². The molecule has 0 spiro atoms. The van der Waals surface area contributed by atoms with Crippen molar-refractivity contribution in [3.8, 4) is 0 Å². The van der Waals surface area contributed by atoms with Gasteiger partial charge >= 0.3 is 0 Å². The molecule has 2 fully saturated rings. The number of hydrogen-bond donors (Lipinski definition) is 0. The van der Waals surface area contributed by atoms with E-state index in [1.54, 1.807) is 16.2 Å². The molecular weight excluding hydrogens is 346 g/mol. The Morgan fingerprint density at radius 2 is 1.77 bits per heavy atom. The van der Waals surface area contributed by atoms with Gasteiger partial charge in [-0.1, -0.05) is 0 Å². The van der Waals surface area contributed by atoms with Crippen LogP contribution in [0.15, 0.2) is 41.1 Å². The lowest BCUT2D eigenvalue weighted by atomic mass is 10.1. The molecule has 0 radical (unpaired) electrons. The lowest BCUT2D eigenvalue weighted by Gasteiger charge is -2.34. The van der Waals surface area contributed by atoms with Crippen LogP contribution in [-0.4, -0.2) is 54.3 Å². The second-order valence-electron chi connectivity index (χ2n) is 6.90. The number of carbonyl (C=O) groups excluding carboxylic acids is 2. The molecule has 0 aliphatic carbocycles. The lowest BCUT2D eigenvalue weighted by molar-refractivity contribution is -0.117. The molecule has 2 aliphatic heterocycles. The fraction of sp³-hybridized carbons (Fsp3) is 0.400. The van der Waals surface area contributed by atoms with Gasteiger partial charge in [0.2, 0.25) is 5.91 Å². The Morgan fingerprint density at radius 1 is 1.00 bits per heavy atom. The van der Waals surface area contributed by atoms with E-state index in [1.165, 1.54) is 5.56 Å². The average Bonchev–Trinajstić information content (AvgIpc) is 3.34. The van der Waals surface area contributed by atoms with E-state index in [1.807, 2.05) is 29.2 Å². The third kappa shape index (κ3) is 3.66. The zero-order chi connectivity index (χ0) is 17.9. The fourth-order valence-electron chi connectivity index (χ4n) is 3.64. The molecule has 0 atom stereocenters. The van der Waals surface area contributed by atoms with Gasteiger partial charge in [-0.25, -0.2) is 0 Å². The molecule has 2 aliphatic rings. The van der Waals surface area contributed by atoms with Gasteiger partial charge in [0.05, 0.1) is 0 Å². The van der Waals surface area contributed by atoms with Gasteiger partial charge in [0.15, 0.2) is 0 Å². The molecule has 1 aromatic carbocycles. The molecule has 3 heterocycles. The van der Waals surface area contributed by atoms with E-state index in [2.05, 4.69) is 21.7 Å². The summed E-state index contributed by atoms with van der Waals surface area (Å²) in [5, 5.41) is 4.29. The van der Waals surface area contributed by atoms with Crippen LogP contribution in [0.3, 0.4) is 0 Å². The summed E-state index contributed by atoms with van der Waals surface area (Å²) in [5.41, 5.74) is 2.94. The van der Waals surface area contributed by atoms with Gasteiger partial charge in [0, 0.05) is 56.9 Å². The molecule has 5 nitrogen and oxygen atoms in total. The number of piperazine rings is 1. The van der Waals surface area contributed by atoms with Crippen molar-refractivity contribution in [3.63, 3.8) is 0 Å². The van der Waals surface area contributed by atoms with Crippen LogP contribution in [0.2, 0.25) is 0 Å². The van der Waals surface area contributed by atoms with Crippen LogP contribution < -0.4 is 4.90 Å². The largest absolute Gasteiger partial charge is 0.336 e. The van der Waals surface area contributed by atoms with E-state index >= 15 is 0 Å². The van der Waals surface area contributed by atoms with Crippen LogP contribution in [0.25, 0.3) is 0 Å². The molecule has 0 unspecified atom stereocenters. The van der Waals surface area contributed by atoms with Gasteiger partial charge in [-0.05, 0) is 53.1 Å². The predicted molar refractivity (Wildman–Crippen MR) is 104 cm³/mol. The SMILES string of the molecule is O=C(c1ccc(N2CCCC2=O)cc1)N1CCN(Cc2ccsc2)CC1. The highest BCUT2D eigenvalue weighted by Crippen LogP contribution is 2.22. The molecular formula is C20H23N3O2S. The smallest absolute Gasteiger partial charge is 0.253 e. The standard InChI is InChI=1S/C20H23N3O2S/c24-19-2-1-8-23(19)18-5-3-17(4-6-18)20(25)22-11-9-21(10-12-22)14-16-7-13-26-15-16/h3-7,13,15H,1-2,8-12,14H2. The minimum atomic E-state index is 0.0829. The molecule has 2 amide bonds. The topological polar surface area (TPSA) is 43.9 Å². The summed E-state index contributed by atoms with van der Waals surface area (Å²) in [6.07, 6.45) is 1.53. The zero-order valence-electron chi connectivity index (χ0n) is 14.8. The van der Waals surface area contributed by atoms with Gasteiger partial charge in [-0.3, -0.25) is 14.5 Å². The number of nitrogens with zero attached hydrogens (tertiary/aromatic N) is 3. The summed E-state index contributed by atoms with van der Waals surface area (Å²) in [4.78, 5) is 30.7. The third-order valence-corrected chi connectivity index (χ3v) is 5.88. The second-order valence-corrected chi connectivity index (χ2v) is 7.68. The molecule has 136 valence electrons. The molecule has 4 rings (SSSR count). The minimum absolute atomic E-state index is 0.0829. The summed E-state index contributed by atoms with van der Waals surface area (Å²) in [7, 11) is 0. The Labute approximate surface area is 157 Å². The quantitative estimate of drug-likeness (QED) is 0.832. The van der Waals surface area contributed by atoms with Crippen molar-refractivity contribution in [2.75, 3.05) is 37.6 Å². The van der Waals surface area contributed by atoms with E-state index < -0.39 is 0 Å². The first kappa shape index (κ1) is 17.2. The Kier molecular flexibility index (Phi) is 5.04. The second kappa shape index (κ2) is 7.60. The number of anilines is 1. The normalized spacial score (nSPS) is 18.5. The fourth-order valence-corrected chi connectivity index (χ4v) is 4.30. The summed E-state index contributed by atoms with van der Waals surface area (Å²) in [6.45, 7) is 5.07. The third-order valence-electron chi connectivity index (χ3n) is 5.15. The Bertz CT molecular complexity index is 765. The van der Waals surface area contributed by atoms with Gasteiger partial charge in [0.1, 0.15) is 0 Å². The van der Waals surface area contributed by atoms with Crippen LogP contribution >= 0.6 is 11.3 Å². The number of hydrogen-bond acceptors (Lipinski definition) is 4. The molecule has 1 aromatic heterocycles. The van der Waals surface area contributed by atoms with Gasteiger partial charge in [-0.15, -0.1) is 0 Å². The summed E-state index contributed by atoms with van der Waals surface area (Å²) >= 11 is 1.73. The van der Waals surface area contributed by atoms with Crippen molar-refractivity contribution < 1.29 is 9.59 Å². The van der Waals surface area contributed by atoms with Crippen molar-refractivity contribution in [1.82, 2.24) is 9.80 Å². The maximum absolute atomic E-state index is 12.7. The summed E-state index contributed by atoms with van der Waals surface area (Å²) < 4.78 is 0. The maximum atomic E-state index is 12.7. The first-order chi connectivity index (χ1) is 12.7. The van der Waals surface area contributed by atoms with Crippen molar-refractivity contribution in [2.24, 2.45) is 0 Å². The molecule has 6 heteroatoms. The number of amides is 2. The molecule has 0 saturated carbocycles. The van der Waals surface area contributed by atoms with Gasteiger partial charge < -0.3 is 9.80 Å². The molecule has 2 aromatic rings. The zero-order valence-corrected chi connectivity index (χ0v) is 15.6. The van der Waals surface area contributed by atoms with Crippen molar-refractivity contribution in [2.45, 2.75) is 19.4 Å². The number of benzene rings is 1. The Hall–Kier alpha value is -2.18. The maximum Gasteiger partial charge on any atom is 0.253 e. The van der Waals surface area contributed by atoms with Gasteiger partial charge in [0.25, 0.3) is 5.91 Å². The molecule has 2 saturated heterocycles. The van der Waals surface area contributed by atoms with Crippen molar-refractivity contribution >= 4 is 28.8 Å². The van der Waals surface area contributed by atoms with E-state index in [4.69, 9.17) is 0 Å². The van der Waals surface area contributed by atoms with Crippen LogP contribution in [0, 0.1) is 0 Å². The average molecular weight is 369 g/mol. The summed E-state index contributed by atoms with van der Waals surface area (Å²) in [5.74, 6) is 0.255. The highest BCUT2D eigenvalue weighted by Gasteiger charge is 2.24. The molecule has 0 N–H and O–H groups in total. The number of rotatable bonds is 4. The number of thiophene rings is 1. The van der Waals surface area contributed by atoms with Crippen LogP contribution in [0.5, 0.6) is 0 Å².